The minimum atomic E-state index is -0.357. The van der Waals surface area contributed by atoms with E-state index in [0.717, 1.165) is 0 Å². The fraction of sp³-hybridized carbons (Fsp3) is 0.125. The number of rotatable bonds is 7. The molecule has 0 atom stereocenters. The van der Waals surface area contributed by atoms with E-state index in [4.69, 9.17) is 18.6 Å². The molecule has 0 fully saturated rings. The molecule has 2 aromatic carbocycles. The number of ether oxygens (including phenoxy) is 3. The largest absolute Gasteiger partial charge is 0.497 e. The molecule has 0 unspecified atom stereocenters. The summed E-state index contributed by atoms with van der Waals surface area (Å²) in [7, 11) is 1.57. The maximum atomic E-state index is 12.9. The molecule has 2 aromatic heterocycles. The Labute approximate surface area is 183 Å². The van der Waals surface area contributed by atoms with E-state index in [1.807, 2.05) is 0 Å². The van der Waals surface area contributed by atoms with Crippen LogP contribution in [0.15, 0.2) is 76.1 Å². The second-order valence-electron chi connectivity index (χ2n) is 6.80. The highest BCUT2D eigenvalue weighted by Crippen LogP contribution is 2.28. The number of methoxy groups -OCH3 is 1. The molecule has 4 rings (SSSR count). The predicted molar refractivity (Wildman–Crippen MR) is 119 cm³/mol. The zero-order valence-electron chi connectivity index (χ0n) is 17.5. The van der Waals surface area contributed by atoms with Crippen LogP contribution in [0, 0.1) is 6.92 Å². The van der Waals surface area contributed by atoms with Crippen LogP contribution in [-0.2, 0) is 4.79 Å². The van der Waals surface area contributed by atoms with Gasteiger partial charge in [0, 0.05) is 12.3 Å². The molecule has 0 saturated carbocycles. The van der Waals surface area contributed by atoms with E-state index in [9.17, 15) is 9.59 Å². The van der Waals surface area contributed by atoms with Crippen LogP contribution in [0.2, 0.25) is 0 Å². The van der Waals surface area contributed by atoms with Crippen molar-refractivity contribution in [1.82, 2.24) is 4.98 Å². The molecular weight excluding hydrogens is 412 g/mol. The molecule has 0 aliphatic heterocycles. The van der Waals surface area contributed by atoms with E-state index < -0.39 is 0 Å². The molecule has 0 aliphatic carbocycles. The van der Waals surface area contributed by atoms with Crippen LogP contribution >= 0.6 is 0 Å². The molecule has 0 saturated heterocycles. The molecule has 8 nitrogen and oxygen atoms in total. The molecule has 4 aromatic rings. The highest BCUT2D eigenvalue weighted by atomic mass is 16.5. The molecule has 0 aliphatic rings. The second-order valence-corrected chi connectivity index (χ2v) is 6.80. The fourth-order valence-corrected chi connectivity index (χ4v) is 3.00. The van der Waals surface area contributed by atoms with Crippen LogP contribution < -0.4 is 25.0 Å². The molecule has 2 heterocycles. The van der Waals surface area contributed by atoms with Crippen LogP contribution in [0.4, 0.5) is 5.82 Å². The third-order valence-corrected chi connectivity index (χ3v) is 4.57. The average molecular weight is 432 g/mol. The summed E-state index contributed by atoms with van der Waals surface area (Å²) in [5.74, 6) is 2.06. The van der Waals surface area contributed by atoms with Crippen LogP contribution in [0.25, 0.3) is 11.0 Å². The Morgan fingerprint density at radius 2 is 1.78 bits per heavy atom. The van der Waals surface area contributed by atoms with Crippen LogP contribution in [-0.4, -0.2) is 24.6 Å². The molecule has 8 heteroatoms. The van der Waals surface area contributed by atoms with E-state index in [-0.39, 0.29) is 23.7 Å². The summed E-state index contributed by atoms with van der Waals surface area (Å²) in [6.07, 6.45) is 1.58. The number of nitrogens with zero attached hydrogens (tertiary/aromatic N) is 1. The van der Waals surface area contributed by atoms with Crippen molar-refractivity contribution >= 4 is 22.7 Å². The minimum absolute atomic E-state index is 0.103. The Morgan fingerprint density at radius 1 is 1.03 bits per heavy atom. The molecular formula is C24H20N2O6. The third kappa shape index (κ3) is 4.70. The highest BCUT2D eigenvalue weighted by Gasteiger charge is 2.15. The van der Waals surface area contributed by atoms with Crippen molar-refractivity contribution in [2.75, 3.05) is 19.0 Å². The standard InChI is InChI=1S/C24H20N2O6/c1-15-24(32-17-8-6-16(29-2)7-9-17)23(28)19-11-10-18(13-20(19)31-15)30-14-22(27)26-21-5-3-4-12-25-21/h3-13H,14H2,1-2H3,(H,25,26,27). The summed E-state index contributed by atoms with van der Waals surface area (Å²) in [5.41, 5.74) is 0.0243. The van der Waals surface area contributed by atoms with Gasteiger partial charge in [0.05, 0.1) is 12.5 Å². The first-order valence-corrected chi connectivity index (χ1v) is 9.76. The first kappa shape index (κ1) is 20.9. The van der Waals surface area contributed by atoms with Crippen LogP contribution in [0.1, 0.15) is 5.76 Å². The topological polar surface area (TPSA) is 99.9 Å². The summed E-state index contributed by atoms with van der Waals surface area (Å²) in [6.45, 7) is 1.43. The molecule has 1 N–H and O–H groups in total. The van der Waals surface area contributed by atoms with E-state index in [1.54, 1.807) is 80.9 Å². The minimum Gasteiger partial charge on any atom is -0.497 e. The number of aromatic nitrogens is 1. The lowest BCUT2D eigenvalue weighted by Gasteiger charge is -2.11. The average Bonchev–Trinajstić information content (AvgIpc) is 2.81. The fourth-order valence-electron chi connectivity index (χ4n) is 3.00. The summed E-state index contributed by atoms with van der Waals surface area (Å²) >= 11 is 0. The van der Waals surface area contributed by atoms with E-state index >= 15 is 0 Å². The van der Waals surface area contributed by atoms with Crippen molar-refractivity contribution in [1.29, 1.82) is 0 Å². The summed E-state index contributed by atoms with van der Waals surface area (Å²) in [4.78, 5) is 29.0. The van der Waals surface area contributed by atoms with Gasteiger partial charge in [-0.25, -0.2) is 4.98 Å². The van der Waals surface area contributed by atoms with Gasteiger partial charge in [-0.2, -0.15) is 0 Å². The Kier molecular flexibility index (Phi) is 6.03. The van der Waals surface area contributed by atoms with Crippen molar-refractivity contribution in [3.05, 3.63) is 82.8 Å². The van der Waals surface area contributed by atoms with Gasteiger partial charge in [-0.3, -0.25) is 9.59 Å². The molecule has 162 valence electrons. The smallest absolute Gasteiger partial charge is 0.263 e. The zero-order chi connectivity index (χ0) is 22.5. The molecule has 0 spiro atoms. The highest BCUT2D eigenvalue weighted by molar-refractivity contribution is 5.91. The summed E-state index contributed by atoms with van der Waals surface area (Å²) in [5, 5.41) is 2.97. The van der Waals surface area contributed by atoms with Gasteiger partial charge in [-0.1, -0.05) is 6.07 Å². The Balaban J connectivity index is 1.50. The number of fused-ring (bicyclic) bond motifs is 1. The lowest BCUT2D eigenvalue weighted by molar-refractivity contribution is -0.118. The van der Waals surface area contributed by atoms with Gasteiger partial charge in [-0.15, -0.1) is 0 Å². The summed E-state index contributed by atoms with van der Waals surface area (Å²) < 4.78 is 22.2. The van der Waals surface area contributed by atoms with Crippen LogP contribution in [0.3, 0.4) is 0 Å². The van der Waals surface area contributed by atoms with Crippen molar-refractivity contribution in [2.24, 2.45) is 0 Å². The van der Waals surface area contributed by atoms with E-state index in [2.05, 4.69) is 10.3 Å². The Morgan fingerprint density at radius 3 is 2.50 bits per heavy atom. The van der Waals surface area contributed by atoms with Gasteiger partial charge >= 0.3 is 0 Å². The number of carbonyl (C=O) groups excluding carboxylic acids is 1. The molecule has 1 amide bonds. The van der Waals surface area contributed by atoms with Gasteiger partial charge < -0.3 is 23.9 Å². The van der Waals surface area contributed by atoms with Crippen molar-refractivity contribution in [3.8, 4) is 23.0 Å². The number of carbonyl (C=O) groups is 1. The van der Waals surface area contributed by atoms with E-state index in [1.165, 1.54) is 0 Å². The monoisotopic (exact) mass is 432 g/mol. The maximum absolute atomic E-state index is 12.9. The van der Waals surface area contributed by atoms with Crippen molar-refractivity contribution in [2.45, 2.75) is 6.92 Å². The zero-order valence-corrected chi connectivity index (χ0v) is 17.5. The SMILES string of the molecule is COc1ccc(Oc2c(C)oc3cc(OCC(=O)Nc4ccccn4)ccc3c2=O)cc1. The van der Waals surface area contributed by atoms with Crippen molar-refractivity contribution in [3.63, 3.8) is 0 Å². The maximum Gasteiger partial charge on any atom is 0.263 e. The number of anilines is 1. The lowest BCUT2D eigenvalue weighted by atomic mass is 10.2. The normalized spacial score (nSPS) is 10.6. The quantitative estimate of drug-likeness (QED) is 0.464. The van der Waals surface area contributed by atoms with Gasteiger partial charge in [-0.05, 0) is 55.5 Å². The van der Waals surface area contributed by atoms with Gasteiger partial charge in [0.25, 0.3) is 5.91 Å². The van der Waals surface area contributed by atoms with Crippen molar-refractivity contribution < 1.29 is 23.4 Å². The molecule has 32 heavy (non-hydrogen) atoms. The first-order chi connectivity index (χ1) is 15.5. The van der Waals surface area contributed by atoms with E-state index in [0.29, 0.717) is 39.8 Å². The Hall–Kier alpha value is -4.33. The molecule has 0 radical (unpaired) electrons. The van der Waals surface area contributed by atoms with Crippen LogP contribution in [0.5, 0.6) is 23.0 Å². The number of hydrogen-bond acceptors (Lipinski definition) is 7. The third-order valence-electron chi connectivity index (χ3n) is 4.57. The lowest BCUT2D eigenvalue weighted by Crippen LogP contribution is -2.20. The number of benzene rings is 2. The van der Waals surface area contributed by atoms with Gasteiger partial charge in [0.1, 0.15) is 34.4 Å². The number of pyridine rings is 1. The predicted octanol–water partition coefficient (Wildman–Crippen LogP) is 4.31. The van der Waals surface area contributed by atoms with Gasteiger partial charge in [0.15, 0.2) is 6.61 Å². The molecule has 0 bridgehead atoms. The summed E-state index contributed by atoms with van der Waals surface area (Å²) in [6, 6.07) is 16.8. The van der Waals surface area contributed by atoms with Gasteiger partial charge in [0.2, 0.25) is 11.2 Å². The number of amides is 1. The first-order valence-electron chi connectivity index (χ1n) is 9.76. The Bertz CT molecular complexity index is 1300. The number of hydrogen-bond donors (Lipinski definition) is 1. The second kappa shape index (κ2) is 9.22. The number of nitrogens with one attached hydrogen (secondary N) is 1. The number of aryl methyl sites for hydroxylation is 1.